The molecule has 0 aliphatic carbocycles. The first-order valence-electron chi connectivity index (χ1n) is 7.37. The Kier molecular flexibility index (Phi) is 8.26. The molecule has 0 aliphatic rings. The molecule has 0 atom stereocenters. The van der Waals surface area contributed by atoms with E-state index in [1.165, 1.54) is 18.4 Å². The van der Waals surface area contributed by atoms with Crippen LogP contribution in [0.5, 0.6) is 5.75 Å². The monoisotopic (exact) mass is 264 g/mol. The molecule has 0 amide bonds. The molecule has 0 aliphatic heterocycles. The summed E-state index contributed by atoms with van der Waals surface area (Å²) in [6.07, 6.45) is 2.36. The van der Waals surface area contributed by atoms with Gasteiger partial charge in [-0.2, -0.15) is 0 Å². The topological polar surface area (TPSA) is 24.5 Å². The largest absolute Gasteiger partial charge is 0.492 e. The van der Waals surface area contributed by atoms with Gasteiger partial charge in [0.2, 0.25) is 0 Å². The predicted molar refractivity (Wildman–Crippen MR) is 81.7 cm³/mol. The molecule has 1 rings (SSSR count). The van der Waals surface area contributed by atoms with Gasteiger partial charge in [-0.05, 0) is 50.7 Å². The molecule has 0 bridgehead atoms. The van der Waals surface area contributed by atoms with Gasteiger partial charge < -0.3 is 15.0 Å². The summed E-state index contributed by atoms with van der Waals surface area (Å²) in [7, 11) is 2.13. The smallest absolute Gasteiger partial charge is 0.119 e. The summed E-state index contributed by atoms with van der Waals surface area (Å²) in [6, 6.07) is 8.38. The summed E-state index contributed by atoms with van der Waals surface area (Å²) in [4.78, 5) is 2.29. The van der Waals surface area contributed by atoms with E-state index in [1.54, 1.807) is 0 Å². The molecule has 0 saturated carbocycles. The summed E-state index contributed by atoms with van der Waals surface area (Å²) in [6.45, 7) is 9.25. The van der Waals surface area contributed by atoms with Crippen LogP contribution in [0.1, 0.15) is 32.3 Å². The lowest BCUT2D eigenvalue weighted by atomic mass is 10.2. The molecule has 1 N–H and O–H groups in total. The molecule has 0 unspecified atom stereocenters. The van der Waals surface area contributed by atoms with Crippen molar-refractivity contribution >= 4 is 0 Å². The van der Waals surface area contributed by atoms with Crippen LogP contribution in [0.15, 0.2) is 24.3 Å². The molecule has 1 aromatic carbocycles. The van der Waals surface area contributed by atoms with Gasteiger partial charge in [0, 0.05) is 13.1 Å². The highest BCUT2D eigenvalue weighted by atomic mass is 16.5. The first kappa shape index (κ1) is 16.0. The summed E-state index contributed by atoms with van der Waals surface area (Å²) in [5.74, 6) is 0.962. The van der Waals surface area contributed by atoms with Crippen molar-refractivity contribution in [3.63, 3.8) is 0 Å². The number of nitrogens with one attached hydrogen (secondary N) is 1. The lowest BCUT2D eigenvalue weighted by Crippen LogP contribution is -2.24. The highest BCUT2D eigenvalue weighted by Crippen LogP contribution is 2.12. The third-order valence-corrected chi connectivity index (χ3v) is 3.03. The lowest BCUT2D eigenvalue weighted by molar-refractivity contribution is 0.237. The second-order valence-electron chi connectivity index (χ2n) is 4.97. The first-order chi connectivity index (χ1) is 9.26. The molecule has 108 valence electrons. The first-order valence-corrected chi connectivity index (χ1v) is 7.37. The summed E-state index contributed by atoms with van der Waals surface area (Å²) in [5, 5.41) is 3.40. The minimum Gasteiger partial charge on any atom is -0.492 e. The van der Waals surface area contributed by atoms with Gasteiger partial charge in [0.15, 0.2) is 0 Å². The van der Waals surface area contributed by atoms with E-state index < -0.39 is 0 Å². The van der Waals surface area contributed by atoms with Crippen LogP contribution in [0.3, 0.4) is 0 Å². The Bertz CT molecular complexity index is 324. The van der Waals surface area contributed by atoms with Gasteiger partial charge in [-0.25, -0.2) is 0 Å². The minimum atomic E-state index is 0.754. The van der Waals surface area contributed by atoms with Gasteiger partial charge in [0.1, 0.15) is 12.4 Å². The molecule has 0 heterocycles. The number of hydrogen-bond acceptors (Lipinski definition) is 3. The Morgan fingerprint density at radius 1 is 1.05 bits per heavy atom. The highest BCUT2D eigenvalue weighted by Gasteiger charge is 1.98. The van der Waals surface area contributed by atoms with Crippen LogP contribution in [-0.2, 0) is 6.54 Å². The highest BCUT2D eigenvalue weighted by molar-refractivity contribution is 5.27. The fourth-order valence-electron chi connectivity index (χ4n) is 1.93. The van der Waals surface area contributed by atoms with Crippen molar-refractivity contribution in [2.24, 2.45) is 0 Å². The van der Waals surface area contributed by atoms with Crippen molar-refractivity contribution in [2.75, 3.05) is 33.3 Å². The van der Waals surface area contributed by atoms with E-state index in [4.69, 9.17) is 4.74 Å². The van der Waals surface area contributed by atoms with Crippen LogP contribution in [0.4, 0.5) is 0 Å². The zero-order valence-corrected chi connectivity index (χ0v) is 12.6. The fourth-order valence-corrected chi connectivity index (χ4v) is 1.93. The van der Waals surface area contributed by atoms with E-state index in [2.05, 4.69) is 55.4 Å². The third kappa shape index (κ3) is 7.19. The molecular formula is C16H28N2O. The Labute approximate surface area is 118 Å². The zero-order chi connectivity index (χ0) is 13.9. The van der Waals surface area contributed by atoms with Crippen molar-refractivity contribution in [3.8, 4) is 5.75 Å². The van der Waals surface area contributed by atoms with Gasteiger partial charge in [-0.15, -0.1) is 0 Å². The van der Waals surface area contributed by atoms with Crippen LogP contribution in [0.2, 0.25) is 0 Å². The summed E-state index contributed by atoms with van der Waals surface area (Å²) in [5.41, 5.74) is 1.31. The van der Waals surface area contributed by atoms with Crippen LogP contribution in [0.25, 0.3) is 0 Å². The average molecular weight is 264 g/mol. The van der Waals surface area contributed by atoms with Crippen LogP contribution in [0, 0.1) is 0 Å². The maximum absolute atomic E-state index is 5.74. The Balaban J connectivity index is 2.24. The van der Waals surface area contributed by atoms with E-state index in [0.717, 1.165) is 38.5 Å². The number of likely N-dealkylation sites (N-methyl/N-ethyl adjacent to an activating group) is 1. The van der Waals surface area contributed by atoms with Gasteiger partial charge in [0.05, 0.1) is 0 Å². The minimum absolute atomic E-state index is 0.754. The third-order valence-electron chi connectivity index (χ3n) is 3.03. The normalized spacial score (nSPS) is 10.9. The second kappa shape index (κ2) is 9.82. The maximum atomic E-state index is 5.74. The quantitative estimate of drug-likeness (QED) is 0.658. The number of nitrogens with zero attached hydrogens (tertiary/aromatic N) is 1. The second-order valence-corrected chi connectivity index (χ2v) is 4.97. The Morgan fingerprint density at radius 3 is 2.42 bits per heavy atom. The van der Waals surface area contributed by atoms with Crippen molar-refractivity contribution in [3.05, 3.63) is 29.8 Å². The predicted octanol–water partition coefficient (Wildman–Crippen LogP) is 2.91. The van der Waals surface area contributed by atoms with Crippen molar-refractivity contribution in [1.82, 2.24) is 10.2 Å². The molecule has 0 aromatic heterocycles. The Morgan fingerprint density at radius 2 is 1.79 bits per heavy atom. The molecule has 3 heteroatoms. The van der Waals surface area contributed by atoms with Crippen LogP contribution in [-0.4, -0.2) is 38.2 Å². The lowest BCUT2D eigenvalue weighted by Gasteiger charge is -2.15. The number of ether oxygens (including phenoxy) is 1. The summed E-state index contributed by atoms with van der Waals surface area (Å²) < 4.78 is 5.74. The standard InChI is InChI=1S/C16H28N2O/c1-4-10-17-14-15-6-8-16(9-7-15)19-13-12-18(3)11-5-2/h6-9,17H,4-5,10-14H2,1-3H3. The number of benzene rings is 1. The maximum Gasteiger partial charge on any atom is 0.119 e. The molecular weight excluding hydrogens is 236 g/mol. The SMILES string of the molecule is CCCNCc1ccc(OCCN(C)CCC)cc1. The molecule has 0 radical (unpaired) electrons. The van der Waals surface area contributed by atoms with Crippen LogP contribution >= 0.6 is 0 Å². The Hall–Kier alpha value is -1.06. The van der Waals surface area contributed by atoms with Crippen molar-refractivity contribution < 1.29 is 4.74 Å². The number of rotatable bonds is 10. The van der Waals surface area contributed by atoms with E-state index in [0.29, 0.717) is 0 Å². The van der Waals surface area contributed by atoms with Gasteiger partial charge in [-0.1, -0.05) is 26.0 Å². The molecule has 0 saturated heterocycles. The van der Waals surface area contributed by atoms with Crippen molar-refractivity contribution in [2.45, 2.75) is 33.2 Å². The van der Waals surface area contributed by atoms with E-state index in [-0.39, 0.29) is 0 Å². The van der Waals surface area contributed by atoms with Gasteiger partial charge >= 0.3 is 0 Å². The molecule has 1 aromatic rings. The number of hydrogen-bond donors (Lipinski definition) is 1. The van der Waals surface area contributed by atoms with Gasteiger partial charge in [0.25, 0.3) is 0 Å². The zero-order valence-electron chi connectivity index (χ0n) is 12.6. The summed E-state index contributed by atoms with van der Waals surface area (Å²) >= 11 is 0. The van der Waals surface area contributed by atoms with E-state index >= 15 is 0 Å². The van der Waals surface area contributed by atoms with Crippen molar-refractivity contribution in [1.29, 1.82) is 0 Å². The molecule has 0 spiro atoms. The van der Waals surface area contributed by atoms with Crippen LogP contribution < -0.4 is 10.1 Å². The molecule has 0 fully saturated rings. The average Bonchev–Trinajstić information content (AvgIpc) is 2.41. The van der Waals surface area contributed by atoms with E-state index in [9.17, 15) is 0 Å². The van der Waals surface area contributed by atoms with E-state index in [1.807, 2.05) is 0 Å². The van der Waals surface area contributed by atoms with Gasteiger partial charge in [-0.3, -0.25) is 0 Å². The molecule has 19 heavy (non-hydrogen) atoms. The fraction of sp³-hybridized carbons (Fsp3) is 0.625. The molecule has 3 nitrogen and oxygen atoms in total.